The van der Waals surface area contributed by atoms with E-state index in [4.69, 9.17) is 4.74 Å². The summed E-state index contributed by atoms with van der Waals surface area (Å²) in [5, 5.41) is 0. The van der Waals surface area contributed by atoms with Gasteiger partial charge in [0.1, 0.15) is 5.75 Å². The third-order valence-corrected chi connectivity index (χ3v) is 3.94. The Bertz CT molecular complexity index is 421. The van der Waals surface area contributed by atoms with Crippen LogP contribution in [0.2, 0.25) is 0 Å². The van der Waals surface area contributed by atoms with Crippen LogP contribution in [0.1, 0.15) is 0 Å². The summed E-state index contributed by atoms with van der Waals surface area (Å²) in [6.07, 6.45) is 8.63. The standard InChI is InChI=1S/C17H21N2O/c1-20-17-9-5-4-8-16(17)19-12-10-18(11-13-19)14-15-6-2-3-7-15/h2-9H,10-14H2,1H3. The van der Waals surface area contributed by atoms with Crippen LogP contribution in [-0.2, 0) is 0 Å². The van der Waals surface area contributed by atoms with E-state index in [1.807, 2.05) is 12.1 Å². The van der Waals surface area contributed by atoms with E-state index < -0.39 is 0 Å². The van der Waals surface area contributed by atoms with Crippen molar-refractivity contribution in [1.29, 1.82) is 0 Å². The van der Waals surface area contributed by atoms with Crippen molar-refractivity contribution in [2.75, 3.05) is 44.7 Å². The molecule has 2 aliphatic rings. The molecule has 1 saturated carbocycles. The molecule has 0 N–H and O–H groups in total. The van der Waals surface area contributed by atoms with Gasteiger partial charge < -0.3 is 9.64 Å². The summed E-state index contributed by atoms with van der Waals surface area (Å²) in [6, 6.07) is 8.28. The van der Waals surface area contributed by atoms with Gasteiger partial charge in [-0.1, -0.05) is 12.1 Å². The third-order valence-electron chi connectivity index (χ3n) is 3.94. The van der Waals surface area contributed by atoms with E-state index in [2.05, 4.69) is 47.6 Å². The summed E-state index contributed by atoms with van der Waals surface area (Å²) in [5.74, 6) is 2.38. The van der Waals surface area contributed by atoms with Crippen molar-refractivity contribution in [3.8, 4) is 5.75 Å². The van der Waals surface area contributed by atoms with E-state index in [0.717, 1.165) is 38.5 Å². The van der Waals surface area contributed by atoms with Crippen molar-refractivity contribution >= 4 is 5.69 Å². The minimum atomic E-state index is 0.969. The van der Waals surface area contributed by atoms with Crippen LogP contribution in [0, 0.1) is 31.6 Å². The monoisotopic (exact) mass is 269 g/mol. The van der Waals surface area contributed by atoms with E-state index in [0.29, 0.717) is 0 Å². The minimum Gasteiger partial charge on any atom is -0.495 e. The van der Waals surface area contributed by atoms with Gasteiger partial charge in [0.25, 0.3) is 0 Å². The number of rotatable bonds is 4. The first-order valence-electron chi connectivity index (χ1n) is 7.18. The van der Waals surface area contributed by atoms with Crippen LogP contribution >= 0.6 is 0 Å². The molecule has 3 nitrogen and oxygen atoms in total. The second kappa shape index (κ2) is 6.49. The van der Waals surface area contributed by atoms with Crippen molar-refractivity contribution in [2.24, 2.45) is 0 Å². The Morgan fingerprint density at radius 3 is 2.40 bits per heavy atom. The summed E-state index contributed by atoms with van der Waals surface area (Å²) in [6.45, 7) is 5.38. The molecule has 5 radical (unpaired) electrons. The van der Waals surface area contributed by atoms with Crippen LogP contribution in [0.4, 0.5) is 5.69 Å². The third kappa shape index (κ3) is 3.09. The molecule has 1 saturated heterocycles. The van der Waals surface area contributed by atoms with Crippen LogP contribution in [0.3, 0.4) is 0 Å². The highest BCUT2D eigenvalue weighted by molar-refractivity contribution is 5.58. The van der Waals surface area contributed by atoms with Crippen molar-refractivity contribution in [2.45, 2.75) is 0 Å². The molecule has 0 atom stereocenters. The molecule has 0 aromatic heterocycles. The topological polar surface area (TPSA) is 15.7 Å². The largest absolute Gasteiger partial charge is 0.495 e. The van der Waals surface area contributed by atoms with Crippen LogP contribution in [-0.4, -0.2) is 44.7 Å². The molecule has 0 spiro atoms. The fourth-order valence-corrected chi connectivity index (χ4v) is 2.82. The van der Waals surface area contributed by atoms with Crippen molar-refractivity contribution in [1.82, 2.24) is 4.90 Å². The first-order chi connectivity index (χ1) is 9.86. The smallest absolute Gasteiger partial charge is 0.142 e. The molecule has 105 valence electrons. The van der Waals surface area contributed by atoms with Crippen LogP contribution < -0.4 is 9.64 Å². The molecule has 1 aliphatic heterocycles. The number of methoxy groups -OCH3 is 1. The number of hydrogen-bond donors (Lipinski definition) is 0. The number of anilines is 1. The summed E-state index contributed by atoms with van der Waals surface area (Å²) >= 11 is 0. The Morgan fingerprint density at radius 2 is 1.70 bits per heavy atom. The van der Waals surface area contributed by atoms with Crippen LogP contribution in [0.25, 0.3) is 0 Å². The molecular weight excluding hydrogens is 248 g/mol. The number of nitrogens with zero attached hydrogens (tertiary/aromatic N) is 2. The SMILES string of the molecule is COc1ccccc1N1CCN(C[C]2[CH][CH][CH][CH]2)CC1. The average Bonchev–Trinajstić information content (AvgIpc) is 3.01. The lowest BCUT2D eigenvalue weighted by atomic mass is 10.1. The van der Waals surface area contributed by atoms with Gasteiger partial charge in [0.2, 0.25) is 0 Å². The maximum atomic E-state index is 5.46. The number of ether oxygens (including phenoxy) is 1. The van der Waals surface area contributed by atoms with E-state index in [1.54, 1.807) is 7.11 Å². The van der Waals surface area contributed by atoms with E-state index in [9.17, 15) is 0 Å². The molecule has 20 heavy (non-hydrogen) atoms. The zero-order chi connectivity index (χ0) is 13.8. The summed E-state index contributed by atoms with van der Waals surface area (Å²) in [7, 11) is 1.74. The lowest BCUT2D eigenvalue weighted by Gasteiger charge is -2.37. The van der Waals surface area contributed by atoms with Gasteiger partial charge in [-0.3, -0.25) is 4.90 Å². The van der Waals surface area contributed by atoms with Gasteiger partial charge in [-0.05, 0) is 43.7 Å². The highest BCUT2D eigenvalue weighted by Gasteiger charge is 2.24. The van der Waals surface area contributed by atoms with Gasteiger partial charge in [-0.25, -0.2) is 0 Å². The zero-order valence-corrected chi connectivity index (χ0v) is 12.0. The predicted octanol–water partition coefficient (Wildman–Crippen LogP) is 2.22. The molecule has 1 aromatic rings. The summed E-state index contributed by atoms with van der Waals surface area (Å²) in [4.78, 5) is 4.93. The molecule has 2 fully saturated rings. The van der Waals surface area contributed by atoms with Crippen LogP contribution in [0.5, 0.6) is 5.75 Å². The number of para-hydroxylation sites is 2. The Balaban J connectivity index is 1.55. The van der Waals surface area contributed by atoms with Crippen molar-refractivity contribution in [3.05, 3.63) is 55.9 Å². The fraction of sp³-hybridized carbons (Fsp3) is 0.353. The van der Waals surface area contributed by atoms with Gasteiger partial charge in [0.05, 0.1) is 12.8 Å². The van der Waals surface area contributed by atoms with E-state index >= 15 is 0 Å². The fourth-order valence-electron chi connectivity index (χ4n) is 2.82. The highest BCUT2D eigenvalue weighted by atomic mass is 16.5. The van der Waals surface area contributed by atoms with E-state index in [-0.39, 0.29) is 0 Å². The van der Waals surface area contributed by atoms with Crippen molar-refractivity contribution in [3.63, 3.8) is 0 Å². The lowest BCUT2D eigenvalue weighted by molar-refractivity contribution is 0.270. The normalized spacial score (nSPS) is 21.4. The molecule has 0 unspecified atom stereocenters. The Kier molecular flexibility index (Phi) is 4.46. The molecule has 0 bridgehead atoms. The van der Waals surface area contributed by atoms with Gasteiger partial charge in [0.15, 0.2) is 0 Å². The molecule has 1 aliphatic carbocycles. The quantitative estimate of drug-likeness (QED) is 0.833. The molecule has 0 amide bonds. The lowest BCUT2D eigenvalue weighted by Crippen LogP contribution is -2.47. The molecule has 1 aromatic carbocycles. The van der Waals surface area contributed by atoms with Gasteiger partial charge >= 0.3 is 0 Å². The molecule has 1 heterocycles. The average molecular weight is 269 g/mol. The second-order valence-electron chi connectivity index (χ2n) is 5.23. The van der Waals surface area contributed by atoms with Gasteiger partial charge in [0, 0.05) is 32.7 Å². The van der Waals surface area contributed by atoms with Crippen LogP contribution in [0.15, 0.2) is 24.3 Å². The number of hydrogen-bond acceptors (Lipinski definition) is 3. The van der Waals surface area contributed by atoms with Crippen molar-refractivity contribution < 1.29 is 4.74 Å². The molecule has 3 heteroatoms. The number of piperazine rings is 1. The summed E-state index contributed by atoms with van der Waals surface area (Å²) < 4.78 is 5.46. The first-order valence-corrected chi connectivity index (χ1v) is 7.18. The van der Waals surface area contributed by atoms with Gasteiger partial charge in [-0.2, -0.15) is 0 Å². The van der Waals surface area contributed by atoms with Gasteiger partial charge in [-0.15, -0.1) is 0 Å². The zero-order valence-electron chi connectivity index (χ0n) is 12.0. The Hall–Kier alpha value is -1.22. The highest BCUT2D eigenvalue weighted by Crippen LogP contribution is 2.29. The predicted molar refractivity (Wildman–Crippen MR) is 82.1 cm³/mol. The Morgan fingerprint density at radius 1 is 1.00 bits per heavy atom. The number of benzene rings is 1. The van der Waals surface area contributed by atoms with E-state index in [1.165, 1.54) is 11.6 Å². The Labute approximate surface area is 122 Å². The first kappa shape index (κ1) is 13.7. The second-order valence-corrected chi connectivity index (χ2v) is 5.23. The maximum absolute atomic E-state index is 5.46. The minimum absolute atomic E-state index is 0.969. The summed E-state index contributed by atoms with van der Waals surface area (Å²) in [5.41, 5.74) is 1.21. The molecule has 3 rings (SSSR count). The molecular formula is C17H21N2O. The maximum Gasteiger partial charge on any atom is 0.142 e.